The van der Waals surface area contributed by atoms with E-state index in [1.807, 2.05) is 42.1 Å². The zero-order valence-electron chi connectivity index (χ0n) is 18.6. The monoisotopic (exact) mass is 465 g/mol. The molecule has 1 aromatic heterocycles. The molecule has 0 aliphatic carbocycles. The fourth-order valence-electron chi connectivity index (χ4n) is 4.88. The van der Waals surface area contributed by atoms with Crippen molar-refractivity contribution in [3.63, 3.8) is 0 Å². The molecule has 2 aliphatic rings. The summed E-state index contributed by atoms with van der Waals surface area (Å²) < 4.78 is 13.6. The maximum Gasteiger partial charge on any atom is 0.335 e. The molecule has 4 aromatic rings. The maximum atomic E-state index is 13.3. The van der Waals surface area contributed by atoms with Crippen molar-refractivity contribution in [1.29, 1.82) is 0 Å². The number of benzene rings is 3. The van der Waals surface area contributed by atoms with Crippen molar-refractivity contribution in [1.82, 2.24) is 4.57 Å². The number of rotatable bonds is 3. The van der Waals surface area contributed by atoms with Gasteiger partial charge < -0.3 is 19.1 Å². The van der Waals surface area contributed by atoms with Gasteiger partial charge in [0.2, 0.25) is 5.78 Å². The second kappa shape index (κ2) is 7.70. The van der Waals surface area contributed by atoms with E-state index in [-0.39, 0.29) is 23.5 Å². The lowest BCUT2D eigenvalue weighted by Crippen LogP contribution is -2.21. The van der Waals surface area contributed by atoms with Crippen LogP contribution >= 0.6 is 0 Å². The van der Waals surface area contributed by atoms with E-state index < -0.39 is 17.9 Å². The number of hydrogen-bond acceptors (Lipinski definition) is 5. The summed E-state index contributed by atoms with van der Waals surface area (Å²) in [5.41, 5.74) is 3.80. The first kappa shape index (κ1) is 20.9. The van der Waals surface area contributed by atoms with Crippen molar-refractivity contribution in [2.75, 3.05) is 0 Å². The molecular formula is C28H19NO6. The van der Waals surface area contributed by atoms with Crippen molar-refractivity contribution >= 4 is 34.7 Å². The molecule has 0 amide bonds. The maximum absolute atomic E-state index is 13.3. The predicted octanol–water partition coefficient (Wildman–Crippen LogP) is 4.93. The van der Waals surface area contributed by atoms with Crippen LogP contribution in [0.5, 0.6) is 11.5 Å². The molecule has 2 aliphatic heterocycles. The third-order valence-electron chi connectivity index (χ3n) is 6.55. The van der Waals surface area contributed by atoms with Gasteiger partial charge >= 0.3 is 11.9 Å². The third-order valence-corrected chi connectivity index (χ3v) is 6.55. The van der Waals surface area contributed by atoms with Crippen LogP contribution in [-0.4, -0.2) is 27.4 Å². The van der Waals surface area contributed by atoms with Crippen molar-refractivity contribution in [2.24, 2.45) is 7.05 Å². The lowest BCUT2D eigenvalue weighted by Gasteiger charge is -2.26. The Bertz CT molecular complexity index is 1590. The van der Waals surface area contributed by atoms with Gasteiger partial charge in [-0.05, 0) is 42.0 Å². The Hall–Kier alpha value is -4.65. The molecule has 6 rings (SSSR count). The van der Waals surface area contributed by atoms with Gasteiger partial charge in [0.25, 0.3) is 0 Å². The molecule has 1 atom stereocenters. The highest BCUT2D eigenvalue weighted by molar-refractivity contribution is 6.15. The summed E-state index contributed by atoms with van der Waals surface area (Å²) in [6.07, 6.45) is 3.74. The summed E-state index contributed by atoms with van der Waals surface area (Å²) in [6, 6.07) is 17.5. The minimum atomic E-state index is -1.03. The number of nitrogens with zero attached hydrogens (tertiary/aromatic N) is 1. The second-order valence-electron chi connectivity index (χ2n) is 8.66. The number of para-hydroxylation sites is 1. The van der Waals surface area contributed by atoms with Gasteiger partial charge in [0.05, 0.1) is 17.5 Å². The summed E-state index contributed by atoms with van der Waals surface area (Å²) in [7, 11) is 1.95. The quantitative estimate of drug-likeness (QED) is 0.262. The largest absolute Gasteiger partial charge is 0.478 e. The van der Waals surface area contributed by atoms with E-state index in [0.717, 1.165) is 22.0 Å². The lowest BCUT2D eigenvalue weighted by atomic mass is 9.84. The second-order valence-corrected chi connectivity index (χ2v) is 8.66. The zero-order chi connectivity index (χ0) is 24.3. The van der Waals surface area contributed by atoms with Crippen molar-refractivity contribution < 1.29 is 29.0 Å². The highest BCUT2D eigenvalue weighted by Crippen LogP contribution is 2.49. The number of carboxylic acids is 1. The summed E-state index contributed by atoms with van der Waals surface area (Å²) in [6.45, 7) is 0. The van der Waals surface area contributed by atoms with E-state index in [1.54, 1.807) is 30.3 Å². The van der Waals surface area contributed by atoms with Crippen LogP contribution in [0.4, 0.5) is 0 Å². The highest BCUT2D eigenvalue weighted by Gasteiger charge is 2.38. The molecule has 1 N–H and O–H groups in total. The van der Waals surface area contributed by atoms with E-state index in [2.05, 4.69) is 0 Å². The average Bonchev–Trinajstić information content (AvgIpc) is 3.35. The fraction of sp³-hybridized carbons (Fsp3) is 0.107. The molecule has 1 unspecified atom stereocenters. The molecule has 0 saturated carbocycles. The number of carboxylic acid groups (broad SMARTS) is 1. The Kier molecular flexibility index (Phi) is 4.60. The zero-order valence-corrected chi connectivity index (χ0v) is 18.6. The summed E-state index contributed by atoms with van der Waals surface area (Å²) in [4.78, 5) is 36.9. The summed E-state index contributed by atoms with van der Waals surface area (Å²) >= 11 is 0. The standard InChI is InChI=1S/C28H19NO6/c1-29-14-17(18-4-2-3-5-21(18)29)12-23-26(31)19-10-11-22-25(27(19)35-23)20(13-24(30)34-22)15-6-8-16(9-7-15)28(32)33/h2-12,14,20H,13H2,1H3,(H,32,33). The van der Waals surface area contributed by atoms with Crippen molar-refractivity contribution in [3.8, 4) is 11.5 Å². The first-order valence-electron chi connectivity index (χ1n) is 11.1. The lowest BCUT2D eigenvalue weighted by molar-refractivity contribution is -0.135. The molecule has 3 aromatic carbocycles. The van der Waals surface area contributed by atoms with Gasteiger partial charge in [0.15, 0.2) is 5.76 Å². The Morgan fingerprint density at radius 2 is 1.80 bits per heavy atom. The number of carbonyl (C=O) groups is 3. The number of ketones is 1. The number of carbonyl (C=O) groups excluding carboxylic acids is 2. The van der Waals surface area contributed by atoms with Crippen LogP contribution in [0.1, 0.15) is 49.7 Å². The van der Waals surface area contributed by atoms with Gasteiger partial charge in [-0.2, -0.15) is 0 Å². The first-order valence-corrected chi connectivity index (χ1v) is 11.1. The fourth-order valence-corrected chi connectivity index (χ4v) is 4.88. The van der Waals surface area contributed by atoms with Gasteiger partial charge in [-0.25, -0.2) is 4.79 Å². The molecule has 0 fully saturated rings. The minimum Gasteiger partial charge on any atom is -0.478 e. The number of esters is 1. The van der Waals surface area contributed by atoms with Crippen LogP contribution in [0.25, 0.3) is 17.0 Å². The van der Waals surface area contributed by atoms with Gasteiger partial charge in [-0.1, -0.05) is 30.3 Å². The molecule has 7 heteroatoms. The Morgan fingerprint density at radius 1 is 1.03 bits per heavy atom. The van der Waals surface area contributed by atoms with Crippen LogP contribution in [-0.2, 0) is 11.8 Å². The number of fused-ring (bicyclic) bond motifs is 4. The first-order chi connectivity index (χ1) is 16.9. The van der Waals surface area contributed by atoms with E-state index >= 15 is 0 Å². The molecule has 172 valence electrons. The average molecular weight is 465 g/mol. The Morgan fingerprint density at radius 3 is 2.57 bits per heavy atom. The Labute approximate surface area is 199 Å². The topological polar surface area (TPSA) is 94.8 Å². The smallest absolute Gasteiger partial charge is 0.335 e. The van der Waals surface area contributed by atoms with E-state index in [9.17, 15) is 19.5 Å². The van der Waals surface area contributed by atoms with Crippen molar-refractivity contribution in [2.45, 2.75) is 12.3 Å². The van der Waals surface area contributed by atoms with Crippen LogP contribution in [0.2, 0.25) is 0 Å². The molecule has 0 spiro atoms. The predicted molar refractivity (Wildman–Crippen MR) is 128 cm³/mol. The number of aryl methyl sites for hydroxylation is 1. The SMILES string of the molecule is Cn1cc(C=C2Oc3c(ccc4c3C(c3ccc(C(=O)O)cc3)CC(=O)O4)C2=O)c2ccccc21. The van der Waals surface area contributed by atoms with Crippen molar-refractivity contribution in [3.05, 3.63) is 100 Å². The van der Waals surface area contributed by atoms with Gasteiger partial charge in [0, 0.05) is 41.2 Å². The number of hydrogen-bond donors (Lipinski definition) is 1. The molecule has 0 radical (unpaired) electrons. The number of aromatic carboxylic acids is 1. The molecular weight excluding hydrogens is 446 g/mol. The van der Waals surface area contributed by atoms with Gasteiger partial charge in [-0.15, -0.1) is 0 Å². The van der Waals surface area contributed by atoms with E-state index in [0.29, 0.717) is 22.6 Å². The third kappa shape index (κ3) is 3.32. The van der Waals surface area contributed by atoms with E-state index in [1.165, 1.54) is 12.1 Å². The van der Waals surface area contributed by atoms with Gasteiger partial charge in [0.1, 0.15) is 11.5 Å². The Balaban J connectivity index is 1.45. The van der Waals surface area contributed by atoms with E-state index in [4.69, 9.17) is 9.47 Å². The molecule has 0 bridgehead atoms. The number of Topliss-reactive ketones (excluding diaryl/α,β-unsaturated/α-hetero) is 1. The number of ether oxygens (including phenoxy) is 2. The van der Waals surface area contributed by atoms with Crippen LogP contribution in [0.15, 0.2) is 72.6 Å². The minimum absolute atomic E-state index is 0.0514. The van der Waals surface area contributed by atoms with Crippen LogP contribution in [0.3, 0.4) is 0 Å². The molecule has 35 heavy (non-hydrogen) atoms. The highest BCUT2D eigenvalue weighted by atomic mass is 16.5. The molecule has 7 nitrogen and oxygen atoms in total. The normalized spacial score (nSPS) is 17.7. The van der Waals surface area contributed by atoms with Crippen LogP contribution in [0, 0.1) is 0 Å². The summed E-state index contributed by atoms with van der Waals surface area (Å²) in [5.74, 6) is -1.20. The summed E-state index contributed by atoms with van der Waals surface area (Å²) in [5, 5.41) is 10.2. The van der Waals surface area contributed by atoms with Gasteiger partial charge in [-0.3, -0.25) is 9.59 Å². The molecule has 0 saturated heterocycles. The molecule has 3 heterocycles. The number of allylic oxidation sites excluding steroid dienone is 1. The van der Waals surface area contributed by atoms with Crippen LogP contribution < -0.4 is 9.47 Å². The number of aromatic nitrogens is 1.